The van der Waals surface area contributed by atoms with Crippen LogP contribution in [0.25, 0.3) is 0 Å². The number of hydrogen-bond donors (Lipinski definition) is 5. The van der Waals surface area contributed by atoms with E-state index in [1.165, 1.54) is 0 Å². The van der Waals surface area contributed by atoms with E-state index in [1.54, 1.807) is 212 Å². The van der Waals surface area contributed by atoms with Gasteiger partial charge in [-0.15, -0.1) is 0 Å². The van der Waals surface area contributed by atoms with Crippen LogP contribution in [0.5, 0.6) is 11.5 Å². The lowest BCUT2D eigenvalue weighted by Gasteiger charge is -2.70. The van der Waals surface area contributed by atoms with E-state index in [0.29, 0.717) is 27.8 Å². The lowest BCUT2D eigenvalue weighted by molar-refractivity contribution is -0.405. The molecule has 0 saturated heterocycles. The van der Waals surface area contributed by atoms with Crippen LogP contribution in [0.15, 0.2) is 212 Å². The van der Waals surface area contributed by atoms with Crippen molar-refractivity contribution in [2.45, 2.75) is 66.2 Å². The van der Waals surface area contributed by atoms with E-state index in [1.807, 2.05) is 0 Å². The van der Waals surface area contributed by atoms with Crippen LogP contribution in [0.4, 0.5) is 0 Å². The predicted octanol–water partition coefficient (Wildman–Crippen LogP) is 8.52. The molecule has 0 aliphatic heterocycles. The second kappa shape index (κ2) is 18.1. The molecule has 7 aromatic rings. The smallest absolute Gasteiger partial charge is 0.395 e. The SMILES string of the molecule is O=P(Oc1ccccc1)(Oc1ccccc1)OC1[C@](O)(Cc2ccccc2)[C@@](O)(Cc2ccccc2)C(O)(Cc2ccccc2)[C@@](O)(Cc2ccccc2)[C@@]1(O)Cc1ccccc1. The van der Waals surface area contributed by atoms with Crippen LogP contribution in [0.1, 0.15) is 27.8 Å². The summed E-state index contributed by atoms with van der Waals surface area (Å²) < 4.78 is 34.9. The Kier molecular flexibility index (Phi) is 12.6. The molecule has 10 heteroatoms. The van der Waals surface area contributed by atoms with Crippen LogP contribution in [0.3, 0.4) is 0 Å². The van der Waals surface area contributed by atoms with Gasteiger partial charge in [0, 0.05) is 32.1 Å². The molecule has 0 amide bonds. The second-order valence-electron chi connectivity index (χ2n) is 16.5. The molecule has 9 nitrogen and oxygen atoms in total. The Morgan fingerprint density at radius 2 is 0.587 bits per heavy atom. The van der Waals surface area contributed by atoms with Gasteiger partial charge in [-0.1, -0.05) is 188 Å². The largest absolute Gasteiger partial charge is 0.588 e. The van der Waals surface area contributed by atoms with Gasteiger partial charge in [-0.05, 0) is 52.1 Å². The van der Waals surface area contributed by atoms with Crippen LogP contribution in [-0.4, -0.2) is 59.6 Å². The first-order valence-corrected chi connectivity index (χ1v) is 22.4. The number of benzene rings is 7. The van der Waals surface area contributed by atoms with Crippen molar-refractivity contribution < 1.29 is 43.7 Å². The number of hydrogen-bond acceptors (Lipinski definition) is 9. The minimum Gasteiger partial charge on any atom is -0.395 e. The Morgan fingerprint density at radius 1 is 0.349 bits per heavy atom. The van der Waals surface area contributed by atoms with Gasteiger partial charge in [0.05, 0.1) is 0 Å². The number of aliphatic hydroxyl groups is 5. The molecule has 5 N–H and O–H groups in total. The summed E-state index contributed by atoms with van der Waals surface area (Å²) in [6.45, 7) is 0. The van der Waals surface area contributed by atoms with E-state index in [4.69, 9.17) is 13.6 Å². The number of phosphoric ester groups is 1. The van der Waals surface area contributed by atoms with Gasteiger partial charge in [0.25, 0.3) is 0 Å². The van der Waals surface area contributed by atoms with Crippen molar-refractivity contribution in [2.24, 2.45) is 0 Å². The molecule has 1 aliphatic rings. The summed E-state index contributed by atoms with van der Waals surface area (Å²) in [4.78, 5) is 0. The molecule has 0 radical (unpaired) electrons. The molecule has 0 aromatic heterocycles. The zero-order chi connectivity index (χ0) is 44.0. The molecule has 1 saturated carbocycles. The zero-order valence-electron chi connectivity index (χ0n) is 34.6. The third-order valence-electron chi connectivity index (χ3n) is 12.4. The molecule has 0 bridgehead atoms. The first-order valence-electron chi connectivity index (χ1n) is 21.0. The summed E-state index contributed by atoms with van der Waals surface area (Å²) in [5, 5.41) is 71.1. The minimum absolute atomic E-state index is 0.0745. The van der Waals surface area contributed by atoms with Crippen LogP contribution in [-0.2, 0) is 41.2 Å². The van der Waals surface area contributed by atoms with Gasteiger partial charge in [0.2, 0.25) is 0 Å². The Bertz CT molecular complexity index is 2420. The molecule has 63 heavy (non-hydrogen) atoms. The highest BCUT2D eigenvalue weighted by atomic mass is 31.2. The standard InChI is InChI=1S/C53H51O9P/c54-49(36-41-22-8-1-9-23-41)48(62-63(59,60-46-32-18-6-19-33-46)61-47-34-20-7-21-35-47)50(55,37-42-24-10-2-11-25-42)52(57,39-44-28-14-4-15-29-44)53(58,40-45-30-16-5-17-31-45)51(49,56)38-43-26-12-3-13-27-43/h1-35,48,54-58H,36-40H2/t48?,49-,50-,51-,52+,53?/m1/s1. The van der Waals surface area contributed by atoms with E-state index in [9.17, 15) is 25.5 Å². The fraction of sp³-hybridized carbons (Fsp3) is 0.208. The van der Waals surface area contributed by atoms with Crippen LogP contribution < -0.4 is 9.05 Å². The minimum atomic E-state index is -5.11. The van der Waals surface area contributed by atoms with Gasteiger partial charge < -0.3 is 34.6 Å². The van der Waals surface area contributed by atoms with Crippen molar-refractivity contribution in [1.29, 1.82) is 0 Å². The summed E-state index contributed by atoms with van der Waals surface area (Å²) in [5.74, 6) is 0.149. The van der Waals surface area contributed by atoms with Crippen molar-refractivity contribution in [3.05, 3.63) is 240 Å². The predicted molar refractivity (Wildman–Crippen MR) is 242 cm³/mol. The van der Waals surface area contributed by atoms with E-state index in [0.717, 1.165) is 0 Å². The van der Waals surface area contributed by atoms with Crippen LogP contribution in [0.2, 0.25) is 0 Å². The fourth-order valence-electron chi connectivity index (χ4n) is 9.33. The summed E-state index contributed by atoms with van der Waals surface area (Å²) in [7, 11) is -5.11. The highest BCUT2D eigenvalue weighted by Gasteiger charge is 2.84. The molecule has 8 rings (SSSR count). The van der Waals surface area contributed by atoms with Crippen molar-refractivity contribution in [1.82, 2.24) is 0 Å². The van der Waals surface area contributed by atoms with Gasteiger partial charge in [-0.25, -0.2) is 4.57 Å². The molecule has 7 aromatic carbocycles. The number of para-hydroxylation sites is 2. The molecule has 322 valence electrons. The van der Waals surface area contributed by atoms with Crippen molar-refractivity contribution >= 4 is 7.82 Å². The van der Waals surface area contributed by atoms with E-state index in [-0.39, 0.29) is 11.5 Å². The Balaban J connectivity index is 1.47. The first kappa shape index (κ1) is 43.8. The third-order valence-corrected chi connectivity index (χ3v) is 13.7. The topological polar surface area (TPSA) is 146 Å². The lowest BCUT2D eigenvalue weighted by Crippen LogP contribution is -2.93. The summed E-state index contributed by atoms with van der Waals surface area (Å²) in [6.07, 6.45) is -4.60. The maximum absolute atomic E-state index is 15.8. The Hall–Kier alpha value is -5.87. The quantitative estimate of drug-likeness (QED) is 0.0604. The average Bonchev–Trinajstić information content (AvgIpc) is 3.30. The zero-order valence-corrected chi connectivity index (χ0v) is 35.5. The molecular weight excluding hydrogens is 812 g/mol. The van der Waals surface area contributed by atoms with Crippen LogP contribution >= 0.6 is 7.82 Å². The highest BCUT2D eigenvalue weighted by Crippen LogP contribution is 2.63. The molecule has 2 unspecified atom stereocenters. The first-order chi connectivity index (χ1) is 30.4. The summed E-state index contributed by atoms with van der Waals surface area (Å²) in [6, 6.07) is 60.4. The Morgan fingerprint density at radius 3 is 0.873 bits per heavy atom. The maximum atomic E-state index is 15.8. The number of rotatable bonds is 16. The summed E-state index contributed by atoms with van der Waals surface area (Å²) >= 11 is 0. The molecule has 0 heterocycles. The maximum Gasteiger partial charge on any atom is 0.588 e. The van der Waals surface area contributed by atoms with Gasteiger partial charge in [-0.3, -0.25) is 4.52 Å². The van der Waals surface area contributed by atoms with Crippen molar-refractivity contribution in [2.75, 3.05) is 0 Å². The van der Waals surface area contributed by atoms with Crippen molar-refractivity contribution in [3.63, 3.8) is 0 Å². The molecule has 0 spiro atoms. The van der Waals surface area contributed by atoms with Gasteiger partial charge in [-0.2, -0.15) is 0 Å². The second-order valence-corrected chi connectivity index (χ2v) is 18.0. The lowest BCUT2D eigenvalue weighted by atomic mass is 9.44. The van der Waals surface area contributed by atoms with Crippen molar-refractivity contribution in [3.8, 4) is 11.5 Å². The third kappa shape index (κ3) is 8.62. The van der Waals surface area contributed by atoms with E-state index in [2.05, 4.69) is 0 Å². The van der Waals surface area contributed by atoms with Gasteiger partial charge in [0.15, 0.2) is 0 Å². The molecule has 1 fully saturated rings. The highest BCUT2D eigenvalue weighted by molar-refractivity contribution is 7.49. The summed E-state index contributed by atoms with van der Waals surface area (Å²) in [5.41, 5.74) is -11.7. The average molecular weight is 863 g/mol. The van der Waals surface area contributed by atoms with E-state index < -0.39 is 74.0 Å². The van der Waals surface area contributed by atoms with Crippen LogP contribution in [0, 0.1) is 0 Å². The fourth-order valence-corrected chi connectivity index (χ4v) is 10.8. The Labute approximate surface area is 368 Å². The molecular formula is C53H51O9P. The number of phosphoric acid groups is 1. The monoisotopic (exact) mass is 862 g/mol. The van der Waals surface area contributed by atoms with Gasteiger partial charge >= 0.3 is 7.82 Å². The molecule has 6 atom stereocenters. The van der Waals surface area contributed by atoms with Gasteiger partial charge in [0.1, 0.15) is 45.6 Å². The normalized spacial score (nSPS) is 25.8. The molecule has 1 aliphatic carbocycles. The van der Waals surface area contributed by atoms with E-state index >= 15 is 4.57 Å².